The van der Waals surface area contributed by atoms with Gasteiger partial charge in [-0.25, -0.2) is 0 Å². The maximum absolute atomic E-state index is 11.9. The smallest absolute Gasteiger partial charge is 0.311 e. The first-order chi connectivity index (χ1) is 14.3. The van der Waals surface area contributed by atoms with Crippen LogP contribution in [0.3, 0.4) is 0 Å². The molecule has 30 heavy (non-hydrogen) atoms. The lowest BCUT2D eigenvalue weighted by Crippen LogP contribution is -2.19. The molecule has 1 unspecified atom stereocenters. The number of carboxylic acids is 1. The van der Waals surface area contributed by atoms with Crippen LogP contribution in [0, 0.1) is 24.2 Å². The fourth-order valence-electron chi connectivity index (χ4n) is 3.64. The molecule has 3 rings (SSSR count). The number of para-hydroxylation sites is 1. The van der Waals surface area contributed by atoms with Crippen LogP contribution in [0.2, 0.25) is 5.02 Å². The molecule has 0 aliphatic carbocycles. The number of nitrogens with zero attached hydrogens (tertiary/aromatic N) is 1. The molecule has 0 fully saturated rings. The maximum atomic E-state index is 11.9. The van der Waals surface area contributed by atoms with Crippen LogP contribution < -0.4 is 4.74 Å². The molecule has 0 bridgehead atoms. The summed E-state index contributed by atoms with van der Waals surface area (Å²) in [6.45, 7) is 5.56. The van der Waals surface area contributed by atoms with Crippen LogP contribution in [-0.4, -0.2) is 11.1 Å². The molecular formula is C25H22ClNO3. The Morgan fingerprint density at radius 1 is 1.07 bits per heavy atom. The molecule has 0 saturated heterocycles. The van der Waals surface area contributed by atoms with Crippen molar-refractivity contribution in [3.8, 4) is 28.7 Å². The summed E-state index contributed by atoms with van der Waals surface area (Å²) in [4.78, 5) is 11.9. The zero-order valence-corrected chi connectivity index (χ0v) is 17.8. The molecule has 1 N–H and O–H groups in total. The van der Waals surface area contributed by atoms with E-state index in [0.29, 0.717) is 27.6 Å². The number of aliphatic carboxylic acids is 1. The van der Waals surface area contributed by atoms with Crippen LogP contribution in [0.25, 0.3) is 11.1 Å². The van der Waals surface area contributed by atoms with Crippen LogP contribution in [0.1, 0.15) is 36.5 Å². The van der Waals surface area contributed by atoms with E-state index in [1.807, 2.05) is 75.4 Å². The van der Waals surface area contributed by atoms with Crippen molar-refractivity contribution in [1.29, 1.82) is 5.26 Å². The highest BCUT2D eigenvalue weighted by molar-refractivity contribution is 6.34. The number of halogens is 1. The Bertz CT molecular complexity index is 1120. The Labute approximate surface area is 181 Å². The molecule has 0 saturated carbocycles. The highest BCUT2D eigenvalue weighted by Crippen LogP contribution is 2.41. The SMILES string of the molecule is Cc1c(C(C(=O)O)C(C)C)cc(C#N)c(Cl)c1-c1cccc(Oc2ccccc2)c1. The Balaban J connectivity index is 2.16. The fourth-order valence-corrected chi connectivity index (χ4v) is 3.98. The van der Waals surface area contributed by atoms with Gasteiger partial charge in [0, 0.05) is 5.56 Å². The van der Waals surface area contributed by atoms with Crippen LogP contribution in [0.5, 0.6) is 11.5 Å². The van der Waals surface area contributed by atoms with E-state index in [4.69, 9.17) is 16.3 Å². The molecule has 4 nitrogen and oxygen atoms in total. The summed E-state index contributed by atoms with van der Waals surface area (Å²) in [6.07, 6.45) is 0. The second kappa shape index (κ2) is 9.02. The second-order valence-electron chi connectivity index (χ2n) is 7.44. The summed E-state index contributed by atoms with van der Waals surface area (Å²) < 4.78 is 5.93. The van der Waals surface area contributed by atoms with Gasteiger partial charge in [0.05, 0.1) is 16.5 Å². The first-order valence-corrected chi connectivity index (χ1v) is 10.0. The Kier molecular flexibility index (Phi) is 6.44. The standard InChI is InChI=1S/C25H22ClNO3/c1-15(2)22(25(28)29)21-13-18(14-27)24(26)23(16(21)3)17-8-7-11-20(12-17)30-19-9-5-4-6-10-19/h4-13,15,22H,1-3H3,(H,28,29). The van der Waals surface area contributed by atoms with E-state index in [1.165, 1.54) is 0 Å². The highest BCUT2D eigenvalue weighted by Gasteiger charge is 2.28. The largest absolute Gasteiger partial charge is 0.481 e. The molecule has 5 heteroatoms. The van der Waals surface area contributed by atoms with E-state index < -0.39 is 11.9 Å². The molecular weight excluding hydrogens is 398 g/mol. The number of nitriles is 1. The fraction of sp³-hybridized carbons (Fsp3) is 0.200. The molecule has 3 aromatic carbocycles. The monoisotopic (exact) mass is 419 g/mol. The number of carbonyl (C=O) groups is 1. The lowest BCUT2D eigenvalue weighted by Gasteiger charge is -2.22. The predicted molar refractivity (Wildman–Crippen MR) is 118 cm³/mol. The molecule has 0 aromatic heterocycles. The number of benzene rings is 3. The van der Waals surface area contributed by atoms with Crippen LogP contribution in [0.15, 0.2) is 60.7 Å². The first kappa shape index (κ1) is 21.4. The third-order valence-corrected chi connectivity index (χ3v) is 5.45. The van der Waals surface area contributed by atoms with Crippen molar-refractivity contribution in [3.63, 3.8) is 0 Å². The minimum atomic E-state index is -0.925. The molecule has 0 aliphatic heterocycles. The summed E-state index contributed by atoms with van der Waals surface area (Å²) in [5.41, 5.74) is 3.02. The van der Waals surface area contributed by atoms with Crippen molar-refractivity contribution in [2.24, 2.45) is 5.92 Å². The third-order valence-electron chi connectivity index (χ3n) is 5.05. The molecule has 0 spiro atoms. The average molecular weight is 420 g/mol. The van der Waals surface area contributed by atoms with E-state index in [9.17, 15) is 15.2 Å². The average Bonchev–Trinajstić information content (AvgIpc) is 2.70. The van der Waals surface area contributed by atoms with Gasteiger partial charge in [0.15, 0.2) is 0 Å². The normalized spacial score (nSPS) is 11.7. The van der Waals surface area contributed by atoms with Gasteiger partial charge in [0.2, 0.25) is 0 Å². The summed E-state index contributed by atoms with van der Waals surface area (Å²) in [6, 6.07) is 20.5. The Hall–Kier alpha value is -3.29. The molecule has 0 amide bonds. The zero-order valence-electron chi connectivity index (χ0n) is 17.0. The number of carboxylic acid groups (broad SMARTS) is 1. The van der Waals surface area contributed by atoms with Crippen molar-refractivity contribution in [1.82, 2.24) is 0 Å². The van der Waals surface area contributed by atoms with E-state index in [1.54, 1.807) is 6.07 Å². The Morgan fingerprint density at radius 2 is 1.73 bits per heavy atom. The van der Waals surface area contributed by atoms with Gasteiger partial charge >= 0.3 is 5.97 Å². The van der Waals surface area contributed by atoms with Crippen molar-refractivity contribution in [2.45, 2.75) is 26.7 Å². The maximum Gasteiger partial charge on any atom is 0.311 e. The number of hydrogen-bond donors (Lipinski definition) is 1. The van der Waals surface area contributed by atoms with Gasteiger partial charge in [-0.15, -0.1) is 0 Å². The zero-order chi connectivity index (χ0) is 21.8. The first-order valence-electron chi connectivity index (χ1n) is 9.62. The number of hydrogen-bond acceptors (Lipinski definition) is 3. The van der Waals surface area contributed by atoms with Gasteiger partial charge in [-0.1, -0.05) is 55.8 Å². The van der Waals surface area contributed by atoms with Crippen LogP contribution in [0.4, 0.5) is 0 Å². The van der Waals surface area contributed by atoms with Gasteiger partial charge in [-0.2, -0.15) is 5.26 Å². The minimum absolute atomic E-state index is 0.144. The molecule has 3 aromatic rings. The molecule has 0 radical (unpaired) electrons. The molecule has 152 valence electrons. The predicted octanol–water partition coefficient (Wildman–Crippen LogP) is 6.80. The van der Waals surface area contributed by atoms with Gasteiger partial charge in [-0.3, -0.25) is 4.79 Å². The van der Waals surface area contributed by atoms with Crippen LogP contribution in [-0.2, 0) is 4.79 Å². The molecule has 1 atom stereocenters. The van der Waals surface area contributed by atoms with E-state index in [2.05, 4.69) is 6.07 Å². The van der Waals surface area contributed by atoms with Gasteiger partial charge in [0.1, 0.15) is 17.6 Å². The van der Waals surface area contributed by atoms with Crippen molar-refractivity contribution in [2.75, 3.05) is 0 Å². The topological polar surface area (TPSA) is 70.3 Å². The summed E-state index contributed by atoms with van der Waals surface area (Å²) in [5.74, 6) is -0.482. The summed E-state index contributed by atoms with van der Waals surface area (Å²) in [7, 11) is 0. The van der Waals surface area contributed by atoms with Crippen molar-refractivity contribution < 1.29 is 14.6 Å². The third kappa shape index (κ3) is 4.32. The second-order valence-corrected chi connectivity index (χ2v) is 7.82. The van der Waals surface area contributed by atoms with Gasteiger partial charge < -0.3 is 9.84 Å². The van der Waals surface area contributed by atoms with E-state index in [0.717, 1.165) is 11.1 Å². The summed E-state index contributed by atoms with van der Waals surface area (Å²) in [5, 5.41) is 19.7. The lowest BCUT2D eigenvalue weighted by molar-refractivity contribution is -0.139. The lowest BCUT2D eigenvalue weighted by atomic mass is 9.82. The number of rotatable bonds is 6. The highest BCUT2D eigenvalue weighted by atomic mass is 35.5. The van der Waals surface area contributed by atoms with Gasteiger partial charge in [-0.05, 0) is 59.9 Å². The molecule has 0 heterocycles. The number of ether oxygens (including phenoxy) is 1. The van der Waals surface area contributed by atoms with Gasteiger partial charge in [0.25, 0.3) is 0 Å². The van der Waals surface area contributed by atoms with Crippen LogP contribution >= 0.6 is 11.6 Å². The minimum Gasteiger partial charge on any atom is -0.481 e. The Morgan fingerprint density at radius 3 is 2.33 bits per heavy atom. The quantitative estimate of drug-likeness (QED) is 0.476. The van der Waals surface area contributed by atoms with E-state index in [-0.39, 0.29) is 11.5 Å². The van der Waals surface area contributed by atoms with Crippen molar-refractivity contribution in [3.05, 3.63) is 82.4 Å². The molecule has 0 aliphatic rings. The van der Waals surface area contributed by atoms with E-state index >= 15 is 0 Å². The summed E-state index contributed by atoms with van der Waals surface area (Å²) >= 11 is 6.59. The van der Waals surface area contributed by atoms with Crippen molar-refractivity contribution >= 4 is 17.6 Å².